The second-order valence-electron chi connectivity index (χ2n) is 10.4. The van der Waals surface area contributed by atoms with Gasteiger partial charge in [-0.2, -0.15) is 0 Å². The molecule has 0 radical (unpaired) electrons. The Labute approximate surface area is 224 Å². The van der Waals surface area contributed by atoms with Crippen LogP contribution in [0.25, 0.3) is 33.3 Å². The molecular weight excluding hydrogens is 468 g/mol. The fourth-order valence-corrected chi connectivity index (χ4v) is 5.91. The number of nitrogens with one attached hydrogen (secondary N) is 2. The molecule has 0 unspecified atom stereocenters. The average Bonchev–Trinajstić information content (AvgIpc) is 3.27. The van der Waals surface area contributed by atoms with Gasteiger partial charge in [-0.3, -0.25) is 4.90 Å². The number of hydrogen-bond acceptors (Lipinski definition) is 2. The average molecular weight is 505 g/mol. The fourth-order valence-electron chi connectivity index (χ4n) is 5.91. The molecule has 1 aliphatic rings. The number of rotatable bonds is 7. The molecule has 2 aromatic heterocycles. The van der Waals surface area contributed by atoms with Crippen molar-refractivity contribution in [3.8, 4) is 22.4 Å². The number of fused-ring (bicyclic) bond motifs is 1. The summed E-state index contributed by atoms with van der Waals surface area (Å²) in [5.41, 5.74) is 7.21. The van der Waals surface area contributed by atoms with Crippen LogP contribution in [-0.2, 0) is 6.54 Å². The van der Waals surface area contributed by atoms with Crippen LogP contribution < -0.4 is 14.8 Å². The van der Waals surface area contributed by atoms with Crippen molar-refractivity contribution in [1.29, 1.82) is 0 Å². The zero-order valence-corrected chi connectivity index (χ0v) is 22.0. The Hall–Kier alpha value is -3.93. The number of quaternary nitrogens is 1. The molecule has 3 heterocycles. The Morgan fingerprint density at radius 2 is 1.53 bits per heavy atom. The van der Waals surface area contributed by atoms with E-state index >= 15 is 0 Å². The van der Waals surface area contributed by atoms with Crippen LogP contribution in [0.5, 0.6) is 0 Å². The number of pyridine rings is 1. The van der Waals surface area contributed by atoms with E-state index in [0.717, 1.165) is 32.7 Å². The molecule has 0 bridgehead atoms. The molecule has 0 amide bonds. The van der Waals surface area contributed by atoms with Crippen molar-refractivity contribution in [2.45, 2.75) is 19.6 Å². The second-order valence-corrected chi connectivity index (χ2v) is 10.4. The Morgan fingerprint density at radius 1 is 0.842 bits per heavy atom. The van der Waals surface area contributed by atoms with Gasteiger partial charge in [-0.05, 0) is 36.2 Å². The number of hydrogen-bond donors (Lipinski definition) is 2. The van der Waals surface area contributed by atoms with Gasteiger partial charge in [0.15, 0.2) is 0 Å². The highest BCUT2D eigenvalue weighted by atomic mass is 16.3. The number of aromatic nitrogens is 2. The van der Waals surface area contributed by atoms with Crippen LogP contribution in [0, 0.1) is 6.92 Å². The van der Waals surface area contributed by atoms with Gasteiger partial charge < -0.3 is 14.6 Å². The number of anilines is 1. The third kappa shape index (κ3) is 4.95. The topological polar surface area (TPSA) is 47.0 Å². The number of aliphatic hydroxyl groups excluding tert-OH is 1. The van der Waals surface area contributed by atoms with Crippen molar-refractivity contribution in [3.63, 3.8) is 0 Å². The van der Waals surface area contributed by atoms with E-state index < -0.39 is 6.10 Å². The Morgan fingerprint density at radius 3 is 2.21 bits per heavy atom. The molecule has 0 spiro atoms. The predicted molar refractivity (Wildman–Crippen MR) is 154 cm³/mol. The first-order valence-electron chi connectivity index (χ1n) is 13.6. The van der Waals surface area contributed by atoms with Gasteiger partial charge in [-0.15, -0.1) is 0 Å². The van der Waals surface area contributed by atoms with Gasteiger partial charge in [0.2, 0.25) is 0 Å². The van der Waals surface area contributed by atoms with Crippen LogP contribution in [0.4, 0.5) is 5.82 Å². The van der Waals surface area contributed by atoms with Gasteiger partial charge in [0.25, 0.3) is 5.82 Å². The minimum absolute atomic E-state index is 0.442. The van der Waals surface area contributed by atoms with Crippen LogP contribution in [0.2, 0.25) is 0 Å². The quantitative estimate of drug-likeness (QED) is 0.354. The van der Waals surface area contributed by atoms with Gasteiger partial charge in [0.1, 0.15) is 38.8 Å². The summed E-state index contributed by atoms with van der Waals surface area (Å²) in [5, 5.41) is 12.7. The van der Waals surface area contributed by atoms with Crippen LogP contribution in [0.15, 0.2) is 103 Å². The summed E-state index contributed by atoms with van der Waals surface area (Å²) in [6.07, 6.45) is 1.54. The highest BCUT2D eigenvalue weighted by Gasteiger charge is 2.28. The zero-order valence-electron chi connectivity index (χ0n) is 22.0. The summed E-state index contributed by atoms with van der Waals surface area (Å²) in [6.45, 7) is 7.48. The smallest absolute Gasteiger partial charge is 0.274 e. The molecule has 5 heteroatoms. The number of benzene rings is 3. The van der Waals surface area contributed by atoms with E-state index in [9.17, 15) is 5.11 Å². The van der Waals surface area contributed by atoms with Crippen molar-refractivity contribution >= 4 is 16.7 Å². The third-order valence-corrected chi connectivity index (χ3v) is 7.75. The lowest BCUT2D eigenvalue weighted by molar-refractivity contribution is -0.903. The first-order chi connectivity index (χ1) is 18.7. The maximum absolute atomic E-state index is 11.4. The molecular formula is C33H36N4O+2. The van der Waals surface area contributed by atoms with E-state index in [1.165, 1.54) is 49.6 Å². The van der Waals surface area contributed by atoms with Crippen LogP contribution in [0.1, 0.15) is 5.56 Å². The lowest BCUT2D eigenvalue weighted by atomic mass is 9.98. The van der Waals surface area contributed by atoms with E-state index in [0.29, 0.717) is 6.54 Å². The van der Waals surface area contributed by atoms with E-state index in [-0.39, 0.29) is 0 Å². The standard InChI is InChI=1S/C33H34N4O/c1-25-15-16-30-29(22-25)32(26-10-4-2-5-11-26)33(27-12-6-3-7-13-27)37(30)24-28(38)23-35-18-20-36(21-19-35)31-14-8-9-17-34-31/h2-17,22,28,38H,18-21,23-24H2,1H3/p+2/t28-/m1/s1. The van der Waals surface area contributed by atoms with Crippen molar-refractivity contribution in [2.75, 3.05) is 37.6 Å². The highest BCUT2D eigenvalue weighted by molar-refractivity contribution is 6.04. The molecule has 0 aliphatic carbocycles. The molecule has 3 aromatic carbocycles. The van der Waals surface area contributed by atoms with Gasteiger partial charge in [0, 0.05) is 22.5 Å². The lowest BCUT2D eigenvalue weighted by Crippen LogP contribution is -3.16. The number of aryl methyl sites for hydroxylation is 1. The summed E-state index contributed by atoms with van der Waals surface area (Å²) in [7, 11) is 0. The molecule has 5 nitrogen and oxygen atoms in total. The first-order valence-corrected chi connectivity index (χ1v) is 13.6. The maximum atomic E-state index is 11.4. The third-order valence-electron chi connectivity index (χ3n) is 7.75. The van der Waals surface area contributed by atoms with Gasteiger partial charge in [-0.25, -0.2) is 4.98 Å². The fraction of sp³-hybridized carbons (Fsp3) is 0.242. The molecule has 1 atom stereocenters. The molecule has 3 N–H and O–H groups in total. The minimum Gasteiger partial charge on any atom is -0.385 e. The van der Waals surface area contributed by atoms with Crippen LogP contribution >= 0.6 is 0 Å². The van der Waals surface area contributed by atoms with E-state index in [1.54, 1.807) is 0 Å². The summed E-state index contributed by atoms with van der Waals surface area (Å²) in [6, 6.07) is 34.2. The summed E-state index contributed by atoms with van der Waals surface area (Å²) < 4.78 is 2.35. The van der Waals surface area contributed by atoms with Crippen molar-refractivity contribution in [1.82, 2.24) is 4.57 Å². The Kier molecular flexibility index (Phi) is 6.95. The monoisotopic (exact) mass is 504 g/mol. The molecule has 1 aliphatic heterocycles. The maximum Gasteiger partial charge on any atom is 0.274 e. The molecule has 192 valence electrons. The first kappa shape index (κ1) is 24.4. The van der Waals surface area contributed by atoms with Crippen molar-refractivity contribution < 1.29 is 15.0 Å². The number of nitrogens with zero attached hydrogens (tertiary/aromatic N) is 2. The number of H-pyrrole nitrogens is 1. The number of aromatic amines is 1. The Balaban J connectivity index is 1.31. The normalized spacial score (nSPS) is 15.2. The highest BCUT2D eigenvalue weighted by Crippen LogP contribution is 2.41. The largest absolute Gasteiger partial charge is 0.385 e. The summed E-state index contributed by atoms with van der Waals surface area (Å²) >= 11 is 0. The van der Waals surface area contributed by atoms with Gasteiger partial charge in [0.05, 0.1) is 18.4 Å². The van der Waals surface area contributed by atoms with Crippen LogP contribution in [-0.4, -0.2) is 48.5 Å². The van der Waals surface area contributed by atoms with Crippen molar-refractivity contribution in [2.24, 2.45) is 0 Å². The van der Waals surface area contributed by atoms with E-state index in [2.05, 4.69) is 112 Å². The summed E-state index contributed by atoms with van der Waals surface area (Å²) in [4.78, 5) is 7.21. The van der Waals surface area contributed by atoms with Gasteiger partial charge >= 0.3 is 0 Å². The second kappa shape index (κ2) is 10.8. The molecule has 5 aromatic rings. The van der Waals surface area contributed by atoms with E-state index in [1.807, 2.05) is 12.3 Å². The van der Waals surface area contributed by atoms with E-state index in [4.69, 9.17) is 0 Å². The van der Waals surface area contributed by atoms with Crippen molar-refractivity contribution in [3.05, 3.63) is 109 Å². The van der Waals surface area contributed by atoms with Gasteiger partial charge in [-0.1, -0.05) is 78.4 Å². The number of piperazine rings is 1. The molecule has 38 heavy (non-hydrogen) atoms. The lowest BCUT2D eigenvalue weighted by Gasteiger charge is -2.30. The molecule has 1 fully saturated rings. The summed E-state index contributed by atoms with van der Waals surface area (Å²) in [5.74, 6) is 1.17. The molecule has 6 rings (SSSR count). The SMILES string of the molecule is Cc1ccc2c(c1)c(-c1ccccc1)c(-c1ccccc1)n2C[C@H](O)C[NH+]1CCN(c2cccc[nH+]2)CC1. The zero-order chi connectivity index (χ0) is 25.9. The van der Waals surface area contributed by atoms with Crippen LogP contribution in [0.3, 0.4) is 0 Å². The molecule has 1 saturated heterocycles. The minimum atomic E-state index is -0.442. The molecule has 0 saturated carbocycles. The Bertz CT molecular complexity index is 1490. The predicted octanol–water partition coefficient (Wildman–Crippen LogP) is 3.86. The number of aliphatic hydroxyl groups is 1.